The summed E-state index contributed by atoms with van der Waals surface area (Å²) in [6, 6.07) is 10.6. The molecule has 0 aliphatic rings. The molecule has 17 heavy (non-hydrogen) atoms. The Kier molecular flexibility index (Phi) is 3.71. The van der Waals surface area contributed by atoms with E-state index >= 15 is 0 Å². The van der Waals surface area contributed by atoms with Crippen LogP contribution in [0.25, 0.3) is 0 Å². The molecule has 0 spiro atoms. The number of halogens is 1. The van der Waals surface area contributed by atoms with Crippen LogP contribution >= 0.6 is 11.6 Å². The molecule has 0 saturated carbocycles. The van der Waals surface area contributed by atoms with E-state index in [4.69, 9.17) is 11.6 Å². The fourth-order valence-electron chi connectivity index (χ4n) is 1.19. The third-order valence-corrected chi connectivity index (χ3v) is 3.36. The second-order valence-electron chi connectivity index (χ2n) is 3.43. The molecule has 1 N–H and O–H groups in total. The molecule has 1 unspecified atom stereocenters. The summed E-state index contributed by atoms with van der Waals surface area (Å²) in [4.78, 5) is 0.687. The third-order valence-electron chi connectivity index (χ3n) is 2.06. The van der Waals surface area contributed by atoms with Gasteiger partial charge < -0.3 is 0 Å². The van der Waals surface area contributed by atoms with E-state index in [-0.39, 0.29) is 0 Å². The molecule has 88 valence electrons. The highest BCUT2D eigenvalue weighted by molar-refractivity contribution is 7.86. The molecule has 0 bridgehead atoms. The number of aromatic nitrogens is 2. The number of aryl methyl sites for hydroxylation is 1. The van der Waals surface area contributed by atoms with Crippen molar-refractivity contribution in [1.29, 1.82) is 0 Å². The molecular formula is C11H10ClN3OS. The largest absolute Gasteiger partial charge is 0.284 e. The Balaban J connectivity index is 2.11. The molecule has 0 aliphatic carbocycles. The highest BCUT2D eigenvalue weighted by Crippen LogP contribution is 2.12. The van der Waals surface area contributed by atoms with Crippen molar-refractivity contribution in [3.05, 3.63) is 47.1 Å². The van der Waals surface area contributed by atoms with Crippen molar-refractivity contribution in [2.75, 3.05) is 4.72 Å². The number of hydrogen-bond acceptors (Lipinski definition) is 3. The van der Waals surface area contributed by atoms with Gasteiger partial charge in [-0.05, 0) is 31.2 Å². The van der Waals surface area contributed by atoms with Gasteiger partial charge in [-0.15, -0.1) is 10.2 Å². The number of rotatable bonds is 3. The van der Waals surface area contributed by atoms with Crippen LogP contribution in [0.1, 0.15) is 5.56 Å². The lowest BCUT2D eigenvalue weighted by molar-refractivity contribution is 0.686. The average molecular weight is 268 g/mol. The van der Waals surface area contributed by atoms with E-state index in [9.17, 15) is 4.21 Å². The van der Waals surface area contributed by atoms with Crippen LogP contribution in [-0.4, -0.2) is 14.4 Å². The van der Waals surface area contributed by atoms with Crippen molar-refractivity contribution in [2.24, 2.45) is 0 Å². The van der Waals surface area contributed by atoms with Gasteiger partial charge in [0.25, 0.3) is 0 Å². The lowest BCUT2D eigenvalue weighted by atomic mass is 10.2. The Morgan fingerprint density at radius 2 is 1.82 bits per heavy atom. The minimum absolute atomic E-state index is 0.302. The molecule has 0 radical (unpaired) electrons. The number of nitrogens with one attached hydrogen (secondary N) is 1. The van der Waals surface area contributed by atoms with Crippen LogP contribution in [0.5, 0.6) is 0 Å². The molecule has 0 aliphatic heterocycles. The van der Waals surface area contributed by atoms with E-state index in [1.807, 2.05) is 31.2 Å². The normalized spacial score (nSPS) is 12.1. The Bertz CT molecular complexity index is 527. The third kappa shape index (κ3) is 3.25. The second-order valence-corrected chi connectivity index (χ2v) is 5.03. The second kappa shape index (κ2) is 5.25. The smallest absolute Gasteiger partial charge is 0.160 e. The minimum atomic E-state index is -1.34. The first kappa shape index (κ1) is 12.0. The van der Waals surface area contributed by atoms with Crippen molar-refractivity contribution < 1.29 is 4.21 Å². The Morgan fingerprint density at radius 1 is 1.12 bits per heavy atom. The van der Waals surface area contributed by atoms with Gasteiger partial charge in [-0.25, -0.2) is 4.21 Å². The molecule has 0 saturated heterocycles. The molecule has 1 aromatic heterocycles. The predicted molar refractivity (Wildman–Crippen MR) is 68.3 cm³/mol. The molecule has 0 fully saturated rings. The maximum Gasteiger partial charge on any atom is 0.160 e. The van der Waals surface area contributed by atoms with E-state index in [1.165, 1.54) is 0 Å². The van der Waals surface area contributed by atoms with Gasteiger partial charge in [0, 0.05) is 0 Å². The van der Waals surface area contributed by atoms with Gasteiger partial charge in [0.2, 0.25) is 0 Å². The van der Waals surface area contributed by atoms with E-state index in [2.05, 4.69) is 14.9 Å². The fraction of sp³-hybridized carbons (Fsp3) is 0.0909. The van der Waals surface area contributed by atoms with Crippen molar-refractivity contribution in [1.82, 2.24) is 10.2 Å². The van der Waals surface area contributed by atoms with Crippen LogP contribution in [0.4, 0.5) is 5.82 Å². The highest BCUT2D eigenvalue weighted by Gasteiger charge is 2.04. The molecule has 0 amide bonds. The zero-order chi connectivity index (χ0) is 12.3. The molecular weight excluding hydrogens is 258 g/mol. The SMILES string of the molecule is Cc1ccc(S(=O)Nc2ccc(Cl)nn2)cc1. The summed E-state index contributed by atoms with van der Waals surface area (Å²) in [5.74, 6) is 0.424. The van der Waals surface area contributed by atoms with Crippen LogP contribution in [0.15, 0.2) is 41.3 Å². The topological polar surface area (TPSA) is 54.9 Å². The lowest BCUT2D eigenvalue weighted by Gasteiger charge is -2.04. The van der Waals surface area contributed by atoms with Gasteiger partial charge in [-0.2, -0.15) is 0 Å². The average Bonchev–Trinajstić information content (AvgIpc) is 2.33. The first-order chi connectivity index (χ1) is 8.15. The highest BCUT2D eigenvalue weighted by atomic mass is 35.5. The zero-order valence-corrected chi connectivity index (χ0v) is 10.6. The van der Waals surface area contributed by atoms with E-state index in [0.717, 1.165) is 5.56 Å². The summed E-state index contributed by atoms with van der Waals surface area (Å²) in [6.45, 7) is 1.98. The summed E-state index contributed by atoms with van der Waals surface area (Å²) in [7, 11) is -1.34. The fourth-order valence-corrected chi connectivity index (χ4v) is 2.09. The first-order valence-corrected chi connectivity index (χ1v) is 6.42. The minimum Gasteiger partial charge on any atom is -0.284 e. The number of anilines is 1. The van der Waals surface area contributed by atoms with Gasteiger partial charge in [-0.1, -0.05) is 29.3 Å². The van der Waals surface area contributed by atoms with Crippen molar-refractivity contribution in [2.45, 2.75) is 11.8 Å². The van der Waals surface area contributed by atoms with Crippen LogP contribution in [0.2, 0.25) is 5.15 Å². The molecule has 6 heteroatoms. The van der Waals surface area contributed by atoms with E-state index < -0.39 is 11.0 Å². The van der Waals surface area contributed by atoms with Crippen LogP contribution in [0, 0.1) is 6.92 Å². The summed E-state index contributed by atoms with van der Waals surface area (Å²) in [6.07, 6.45) is 0. The number of nitrogens with zero attached hydrogens (tertiary/aromatic N) is 2. The summed E-state index contributed by atoms with van der Waals surface area (Å²) in [5.41, 5.74) is 1.12. The molecule has 4 nitrogen and oxygen atoms in total. The number of benzene rings is 1. The van der Waals surface area contributed by atoms with Gasteiger partial charge >= 0.3 is 0 Å². The van der Waals surface area contributed by atoms with Gasteiger partial charge in [0.1, 0.15) is 0 Å². The molecule has 1 heterocycles. The monoisotopic (exact) mass is 267 g/mol. The summed E-state index contributed by atoms with van der Waals surface area (Å²) >= 11 is 5.61. The van der Waals surface area contributed by atoms with E-state index in [1.54, 1.807) is 12.1 Å². The van der Waals surface area contributed by atoms with Crippen molar-refractivity contribution >= 4 is 28.4 Å². The molecule has 2 rings (SSSR count). The zero-order valence-electron chi connectivity index (χ0n) is 9.05. The molecule has 2 aromatic rings. The standard InChI is InChI=1S/C11H10ClN3OS/c1-8-2-4-9(5-3-8)17(16)15-11-7-6-10(12)13-14-11/h2-7H,1H3,(H,14,15). The number of hydrogen-bond donors (Lipinski definition) is 1. The van der Waals surface area contributed by atoms with E-state index in [0.29, 0.717) is 15.9 Å². The summed E-state index contributed by atoms with van der Waals surface area (Å²) in [5, 5.41) is 7.74. The lowest BCUT2D eigenvalue weighted by Crippen LogP contribution is -2.06. The van der Waals surface area contributed by atoms with Gasteiger partial charge in [-0.3, -0.25) is 4.72 Å². The van der Waals surface area contributed by atoms with Crippen LogP contribution in [-0.2, 0) is 11.0 Å². The van der Waals surface area contributed by atoms with Crippen molar-refractivity contribution in [3.8, 4) is 0 Å². The molecule has 1 atom stereocenters. The van der Waals surface area contributed by atoms with Crippen LogP contribution < -0.4 is 4.72 Å². The van der Waals surface area contributed by atoms with Gasteiger partial charge in [0.05, 0.1) is 4.90 Å². The molecule has 1 aromatic carbocycles. The Labute approximate surface area is 107 Å². The Hall–Kier alpha value is -1.46. The maximum atomic E-state index is 11.9. The van der Waals surface area contributed by atoms with Crippen LogP contribution in [0.3, 0.4) is 0 Å². The first-order valence-electron chi connectivity index (χ1n) is 4.89. The quantitative estimate of drug-likeness (QED) is 0.930. The Morgan fingerprint density at radius 3 is 2.41 bits per heavy atom. The maximum absolute atomic E-state index is 11.9. The summed E-state index contributed by atoms with van der Waals surface area (Å²) < 4.78 is 14.7. The predicted octanol–water partition coefficient (Wildman–Crippen LogP) is 2.57. The van der Waals surface area contributed by atoms with Gasteiger partial charge in [0.15, 0.2) is 22.0 Å². The van der Waals surface area contributed by atoms with Crippen molar-refractivity contribution in [3.63, 3.8) is 0 Å².